The van der Waals surface area contributed by atoms with Crippen LogP contribution in [0, 0.1) is 0 Å². The second kappa shape index (κ2) is 11.5. The lowest BCUT2D eigenvalue weighted by Gasteiger charge is -2.30. The highest BCUT2D eigenvalue weighted by Crippen LogP contribution is 2.27. The molecule has 0 fully saturated rings. The van der Waals surface area contributed by atoms with Gasteiger partial charge >= 0.3 is 0 Å². The summed E-state index contributed by atoms with van der Waals surface area (Å²) in [5.41, 5.74) is 2.02. The van der Waals surface area contributed by atoms with E-state index in [1.807, 2.05) is 18.2 Å². The predicted molar refractivity (Wildman–Crippen MR) is 137 cm³/mol. The van der Waals surface area contributed by atoms with Gasteiger partial charge in [0, 0.05) is 13.1 Å². The second-order valence-electron chi connectivity index (χ2n) is 8.59. The number of benzene rings is 3. The Labute approximate surface area is 220 Å². The second-order valence-corrected chi connectivity index (χ2v) is 10.5. The van der Waals surface area contributed by atoms with Crippen LogP contribution in [0.15, 0.2) is 83.8 Å². The number of carbonyl (C=O) groups is 3. The summed E-state index contributed by atoms with van der Waals surface area (Å²) in [6, 6.07) is 19.7. The fraction of sp³-hybridized carbons (Fsp3) is 0.222. The van der Waals surface area contributed by atoms with Crippen LogP contribution in [0.4, 0.5) is 0 Å². The minimum absolute atomic E-state index is 0.0369. The zero-order chi connectivity index (χ0) is 27.3. The normalized spacial score (nSPS) is 13.9. The van der Waals surface area contributed by atoms with E-state index in [2.05, 4.69) is 0 Å². The van der Waals surface area contributed by atoms with Gasteiger partial charge < -0.3 is 4.74 Å². The maximum atomic E-state index is 13.6. The van der Waals surface area contributed by atoms with Crippen molar-refractivity contribution in [3.8, 4) is 11.5 Å². The van der Waals surface area contributed by atoms with Crippen molar-refractivity contribution in [2.24, 2.45) is 0 Å². The largest absolute Gasteiger partial charge is 0.457 e. The third-order valence-electron chi connectivity index (χ3n) is 6.12. The Bertz CT molecular complexity index is 1390. The van der Waals surface area contributed by atoms with E-state index < -0.39 is 33.8 Å². The highest BCUT2D eigenvalue weighted by molar-refractivity contribution is 7.89. The van der Waals surface area contributed by atoms with E-state index >= 15 is 0 Å². The molecule has 0 aromatic heterocycles. The maximum Gasteiger partial charge on any atom is 0.261 e. The lowest BCUT2D eigenvalue weighted by Crippen LogP contribution is -2.50. The van der Waals surface area contributed by atoms with E-state index in [1.165, 1.54) is 41.9 Å². The molecule has 38 heavy (non-hydrogen) atoms. The van der Waals surface area contributed by atoms with Crippen LogP contribution in [0.1, 0.15) is 40.5 Å². The van der Waals surface area contributed by atoms with Gasteiger partial charge in [-0.15, -0.1) is 0 Å². The van der Waals surface area contributed by atoms with Crippen LogP contribution in [0.2, 0.25) is 0 Å². The lowest BCUT2D eigenvalue weighted by atomic mass is 10.1. The molecule has 0 radical (unpaired) electrons. The SMILES string of the molecule is CCCN([C@@H](CCN1C(=O)c2ccccc2C1=O)C(=O)NO)S(=O)(=O)c1ccc(Oc2ccccc2)cc1. The molecule has 198 valence electrons. The van der Waals surface area contributed by atoms with Crippen molar-refractivity contribution in [2.75, 3.05) is 13.1 Å². The van der Waals surface area contributed by atoms with Crippen molar-refractivity contribution in [3.63, 3.8) is 0 Å². The first kappa shape index (κ1) is 27.0. The number of carbonyl (C=O) groups excluding carboxylic acids is 3. The van der Waals surface area contributed by atoms with Crippen LogP contribution in [0.3, 0.4) is 0 Å². The van der Waals surface area contributed by atoms with Crippen LogP contribution in [0.5, 0.6) is 11.5 Å². The summed E-state index contributed by atoms with van der Waals surface area (Å²) in [5.74, 6) is -1.00. The molecule has 1 aliphatic rings. The van der Waals surface area contributed by atoms with Crippen LogP contribution in [0.25, 0.3) is 0 Å². The highest BCUT2D eigenvalue weighted by Gasteiger charge is 2.39. The summed E-state index contributed by atoms with van der Waals surface area (Å²) in [7, 11) is -4.22. The van der Waals surface area contributed by atoms with Crippen LogP contribution in [-0.2, 0) is 14.8 Å². The number of fused-ring (bicyclic) bond motifs is 1. The average Bonchev–Trinajstić information content (AvgIpc) is 3.18. The number of nitrogens with zero attached hydrogens (tertiary/aromatic N) is 2. The van der Waals surface area contributed by atoms with E-state index in [9.17, 15) is 28.0 Å². The fourth-order valence-corrected chi connectivity index (χ4v) is 5.99. The Morgan fingerprint density at radius 3 is 2.03 bits per heavy atom. The summed E-state index contributed by atoms with van der Waals surface area (Å²) in [6.07, 6.45) is 0.156. The minimum Gasteiger partial charge on any atom is -0.457 e. The number of para-hydroxylation sites is 1. The molecule has 0 saturated carbocycles. The molecule has 11 heteroatoms. The van der Waals surface area contributed by atoms with Gasteiger partial charge in [0.2, 0.25) is 10.0 Å². The predicted octanol–water partition coefficient (Wildman–Crippen LogP) is 3.44. The van der Waals surface area contributed by atoms with Crippen molar-refractivity contribution in [1.82, 2.24) is 14.7 Å². The maximum absolute atomic E-state index is 13.6. The third-order valence-corrected chi connectivity index (χ3v) is 8.04. The zero-order valence-electron chi connectivity index (χ0n) is 20.6. The van der Waals surface area contributed by atoms with Gasteiger partial charge in [-0.25, -0.2) is 13.9 Å². The van der Waals surface area contributed by atoms with Gasteiger partial charge in [0.25, 0.3) is 17.7 Å². The lowest BCUT2D eigenvalue weighted by molar-refractivity contribution is -0.133. The van der Waals surface area contributed by atoms with Crippen LogP contribution in [-0.4, -0.2) is 59.7 Å². The van der Waals surface area contributed by atoms with Gasteiger partial charge in [-0.1, -0.05) is 37.3 Å². The Morgan fingerprint density at radius 1 is 0.921 bits per heavy atom. The molecule has 0 aliphatic carbocycles. The molecule has 3 amide bonds. The van der Waals surface area contributed by atoms with Crippen molar-refractivity contribution >= 4 is 27.7 Å². The fourth-order valence-electron chi connectivity index (χ4n) is 4.28. The molecule has 4 rings (SSSR count). The molecule has 0 bridgehead atoms. The Kier molecular flexibility index (Phi) is 8.20. The Balaban J connectivity index is 1.56. The highest BCUT2D eigenvalue weighted by atomic mass is 32.2. The van der Waals surface area contributed by atoms with E-state index in [0.29, 0.717) is 17.9 Å². The van der Waals surface area contributed by atoms with Gasteiger partial charge in [-0.2, -0.15) is 4.31 Å². The molecular formula is C27H27N3O7S. The first-order chi connectivity index (χ1) is 18.3. The molecule has 2 N–H and O–H groups in total. The monoisotopic (exact) mass is 537 g/mol. The molecule has 0 unspecified atom stereocenters. The number of amides is 3. The topological polar surface area (TPSA) is 133 Å². The van der Waals surface area contributed by atoms with Crippen molar-refractivity contribution in [1.29, 1.82) is 0 Å². The van der Waals surface area contributed by atoms with Crippen LogP contribution < -0.4 is 10.2 Å². The number of sulfonamides is 1. The van der Waals surface area contributed by atoms with Gasteiger partial charge in [-0.3, -0.25) is 24.5 Å². The molecule has 0 spiro atoms. The number of nitrogens with one attached hydrogen (secondary N) is 1. The molecule has 3 aromatic rings. The summed E-state index contributed by atoms with van der Waals surface area (Å²) in [4.78, 5) is 39.1. The van der Waals surface area contributed by atoms with Gasteiger partial charge in [0.15, 0.2) is 0 Å². The number of hydroxylamine groups is 1. The summed E-state index contributed by atoms with van der Waals surface area (Å²) < 4.78 is 34.0. The third kappa shape index (κ3) is 5.44. The van der Waals surface area contributed by atoms with Crippen molar-refractivity contribution in [2.45, 2.75) is 30.7 Å². The van der Waals surface area contributed by atoms with Crippen molar-refractivity contribution < 1.29 is 32.7 Å². The molecule has 1 aliphatic heterocycles. The molecule has 1 atom stereocenters. The summed E-state index contributed by atoms with van der Waals surface area (Å²) >= 11 is 0. The zero-order valence-corrected chi connectivity index (χ0v) is 21.4. The molecule has 0 saturated heterocycles. The number of ether oxygens (including phenoxy) is 1. The smallest absolute Gasteiger partial charge is 0.261 e. The Hall–Kier alpha value is -4.06. The number of hydrogen-bond acceptors (Lipinski definition) is 7. The molecule has 1 heterocycles. The number of hydrogen-bond donors (Lipinski definition) is 2. The summed E-state index contributed by atoms with van der Waals surface area (Å²) in [5, 5.41) is 9.39. The molecule has 10 nitrogen and oxygen atoms in total. The minimum atomic E-state index is -4.22. The Morgan fingerprint density at radius 2 is 1.47 bits per heavy atom. The quantitative estimate of drug-likeness (QED) is 0.217. The van der Waals surface area contributed by atoms with Gasteiger partial charge in [0.05, 0.1) is 16.0 Å². The standard InChI is InChI=1S/C27H27N3O7S/c1-2-17-30(38(35,36)21-14-12-20(13-15-21)37-19-8-4-3-5-9-19)24(25(31)28-34)16-18-29-26(32)22-10-6-7-11-23(22)27(29)33/h3-15,24,34H,2,16-18H2,1H3,(H,28,31)/t24-/m0/s1. The van der Waals surface area contributed by atoms with Crippen molar-refractivity contribution in [3.05, 3.63) is 90.0 Å². The first-order valence-electron chi connectivity index (χ1n) is 12.0. The average molecular weight is 538 g/mol. The molecular weight excluding hydrogens is 510 g/mol. The number of imide groups is 1. The van der Waals surface area contributed by atoms with E-state index in [0.717, 1.165) is 9.21 Å². The summed E-state index contributed by atoms with van der Waals surface area (Å²) in [6.45, 7) is 1.49. The van der Waals surface area contributed by atoms with Gasteiger partial charge in [-0.05, 0) is 61.4 Å². The van der Waals surface area contributed by atoms with E-state index in [4.69, 9.17) is 4.74 Å². The number of rotatable bonds is 11. The van der Waals surface area contributed by atoms with Crippen LogP contribution >= 0.6 is 0 Å². The van der Waals surface area contributed by atoms with Gasteiger partial charge in [0.1, 0.15) is 17.5 Å². The molecule has 3 aromatic carbocycles. The first-order valence-corrected chi connectivity index (χ1v) is 13.5. The van der Waals surface area contributed by atoms with E-state index in [1.54, 1.807) is 31.2 Å². The van der Waals surface area contributed by atoms with E-state index in [-0.39, 0.29) is 35.5 Å².